The first-order valence-corrected chi connectivity index (χ1v) is 15.7. The van der Waals surface area contributed by atoms with E-state index in [-0.39, 0.29) is 51.6 Å². The number of ether oxygens (including phenoxy) is 8. The summed E-state index contributed by atoms with van der Waals surface area (Å²) in [5, 5.41) is 7.35. The molecule has 2 heterocycles. The number of nitrogens with one attached hydrogen (secondary N) is 3. The van der Waals surface area contributed by atoms with E-state index in [0.717, 1.165) is 5.56 Å². The molecule has 48 heavy (non-hydrogen) atoms. The van der Waals surface area contributed by atoms with Crippen LogP contribution in [0.3, 0.4) is 0 Å². The summed E-state index contributed by atoms with van der Waals surface area (Å²) in [5.74, 6) is -0.810. The molecule has 0 aromatic heterocycles. The van der Waals surface area contributed by atoms with Gasteiger partial charge in [0.05, 0.1) is 26.9 Å². The Bertz CT molecular complexity index is 1220. The van der Waals surface area contributed by atoms with Gasteiger partial charge < -0.3 is 43.2 Å². The topological polar surface area (TPSA) is 191 Å². The third-order valence-corrected chi connectivity index (χ3v) is 6.57. The number of carbonyl (C=O) groups is 4. The zero-order chi connectivity index (χ0) is 35.3. The molecular formula is C32H48N4O12. The van der Waals surface area contributed by atoms with Crippen LogP contribution in [0, 0.1) is 0 Å². The van der Waals surface area contributed by atoms with Crippen LogP contribution in [0.15, 0.2) is 35.3 Å². The normalized spacial score (nSPS) is 20.9. The fourth-order valence-corrected chi connectivity index (χ4v) is 4.55. The van der Waals surface area contributed by atoms with Gasteiger partial charge in [0, 0.05) is 13.2 Å². The van der Waals surface area contributed by atoms with Crippen molar-refractivity contribution < 1.29 is 57.1 Å². The van der Waals surface area contributed by atoms with Gasteiger partial charge in [0.25, 0.3) is 0 Å². The quantitative estimate of drug-likeness (QED) is 0.0964. The maximum atomic E-state index is 12.3. The number of aliphatic imine (C=N–C) groups is 1. The van der Waals surface area contributed by atoms with Crippen molar-refractivity contribution in [2.45, 2.75) is 96.2 Å². The SMILES string of the molecule is COC(=O)[C@H](CO[C@H]1CO[C@H]2[C@@H]1OC[C@H]2OCCCN=C(NC(=O)OC(C)(C)C)NC(=O)OC(C)(C)C)NC(=O)OCc1ccccc1. The molecule has 0 radical (unpaired) electrons. The molecule has 16 heteroatoms. The van der Waals surface area contributed by atoms with Gasteiger partial charge in [-0.3, -0.25) is 15.6 Å². The molecule has 0 aliphatic carbocycles. The molecule has 0 spiro atoms. The number of fused-ring (bicyclic) bond motifs is 1. The summed E-state index contributed by atoms with van der Waals surface area (Å²) in [6, 6.07) is 8.02. The van der Waals surface area contributed by atoms with Crippen LogP contribution in [0.4, 0.5) is 14.4 Å². The van der Waals surface area contributed by atoms with E-state index in [1.54, 1.807) is 41.5 Å². The maximum Gasteiger partial charge on any atom is 0.414 e. The average molecular weight is 681 g/mol. The molecule has 5 atom stereocenters. The monoisotopic (exact) mass is 680 g/mol. The Hall–Kier alpha value is -3.99. The van der Waals surface area contributed by atoms with Gasteiger partial charge in [0.2, 0.25) is 5.96 Å². The van der Waals surface area contributed by atoms with Crippen LogP contribution in [0.5, 0.6) is 0 Å². The Morgan fingerprint density at radius 1 is 0.854 bits per heavy atom. The van der Waals surface area contributed by atoms with E-state index in [1.807, 2.05) is 30.3 Å². The molecule has 2 saturated heterocycles. The van der Waals surface area contributed by atoms with Gasteiger partial charge in [-0.2, -0.15) is 0 Å². The second-order valence-corrected chi connectivity index (χ2v) is 13.0. The van der Waals surface area contributed by atoms with E-state index in [9.17, 15) is 19.2 Å². The Kier molecular flexibility index (Phi) is 14.4. The average Bonchev–Trinajstić information content (AvgIpc) is 3.58. The van der Waals surface area contributed by atoms with Gasteiger partial charge in [-0.15, -0.1) is 0 Å². The summed E-state index contributed by atoms with van der Waals surface area (Å²) in [5.41, 5.74) is -0.705. The molecule has 0 saturated carbocycles. The molecule has 3 amide bonds. The largest absolute Gasteiger partial charge is 0.467 e. The van der Waals surface area contributed by atoms with Gasteiger partial charge in [-0.1, -0.05) is 30.3 Å². The Balaban J connectivity index is 1.44. The molecule has 2 fully saturated rings. The van der Waals surface area contributed by atoms with E-state index >= 15 is 0 Å². The molecule has 0 unspecified atom stereocenters. The third-order valence-electron chi connectivity index (χ3n) is 6.57. The van der Waals surface area contributed by atoms with Gasteiger partial charge in [0.1, 0.15) is 42.2 Å². The molecule has 1 aromatic rings. The van der Waals surface area contributed by atoms with E-state index in [4.69, 9.17) is 37.9 Å². The van der Waals surface area contributed by atoms with Crippen molar-refractivity contribution in [3.05, 3.63) is 35.9 Å². The molecule has 268 valence electrons. The summed E-state index contributed by atoms with van der Waals surface area (Å²) in [6.07, 6.45) is -3.66. The smallest absolute Gasteiger partial charge is 0.414 e. The highest BCUT2D eigenvalue weighted by Gasteiger charge is 2.49. The number of hydrogen-bond donors (Lipinski definition) is 3. The van der Waals surface area contributed by atoms with E-state index in [0.29, 0.717) is 6.42 Å². The lowest BCUT2D eigenvalue weighted by Crippen LogP contribution is -2.47. The van der Waals surface area contributed by atoms with Crippen LogP contribution in [0.25, 0.3) is 0 Å². The standard InChI is InChI=1S/C32H48N4O12/c1-31(2,3)47-29(39)35-27(36-30(40)48-32(4,5)6)33-14-11-15-42-22-18-44-25-23(19-45-24(22)25)43-17-21(26(37)41-7)34-28(38)46-16-20-12-9-8-10-13-20/h8-10,12-13,21-25H,11,14-19H2,1-7H3,(H,34,38)(H2,33,35,36,39,40)/t21-,22+,23-,24+,25+/m0/s1. The highest BCUT2D eigenvalue weighted by Crippen LogP contribution is 2.30. The number of amides is 3. The lowest BCUT2D eigenvalue weighted by molar-refractivity contribution is -0.146. The van der Waals surface area contributed by atoms with Crippen molar-refractivity contribution in [1.29, 1.82) is 0 Å². The second kappa shape index (κ2) is 18.0. The first-order chi connectivity index (χ1) is 22.6. The van der Waals surface area contributed by atoms with Crippen molar-refractivity contribution in [3.63, 3.8) is 0 Å². The second-order valence-electron chi connectivity index (χ2n) is 13.0. The molecule has 1 aromatic carbocycles. The van der Waals surface area contributed by atoms with Crippen molar-refractivity contribution >= 4 is 30.2 Å². The first kappa shape index (κ1) is 38.5. The fraction of sp³-hybridized carbons (Fsp3) is 0.656. The van der Waals surface area contributed by atoms with Crippen LogP contribution in [0.2, 0.25) is 0 Å². The van der Waals surface area contributed by atoms with Gasteiger partial charge >= 0.3 is 24.2 Å². The van der Waals surface area contributed by atoms with E-state index in [1.165, 1.54) is 7.11 Å². The van der Waals surface area contributed by atoms with E-state index < -0.39 is 59.8 Å². The van der Waals surface area contributed by atoms with Gasteiger partial charge in [0.15, 0.2) is 6.04 Å². The maximum absolute atomic E-state index is 12.3. The Morgan fingerprint density at radius 3 is 1.96 bits per heavy atom. The molecule has 3 rings (SSSR count). The predicted molar refractivity (Wildman–Crippen MR) is 170 cm³/mol. The molecule has 3 N–H and O–H groups in total. The highest BCUT2D eigenvalue weighted by molar-refractivity contribution is 6.01. The fourth-order valence-electron chi connectivity index (χ4n) is 4.55. The molecule has 2 aliphatic heterocycles. The molecular weight excluding hydrogens is 632 g/mol. The minimum Gasteiger partial charge on any atom is -0.467 e. The number of hydrogen-bond acceptors (Lipinski definition) is 13. The number of alkyl carbamates (subject to hydrolysis) is 3. The zero-order valence-electron chi connectivity index (χ0n) is 28.6. The first-order valence-electron chi connectivity index (χ1n) is 15.7. The summed E-state index contributed by atoms with van der Waals surface area (Å²) in [4.78, 5) is 53.5. The Morgan fingerprint density at radius 2 is 1.42 bits per heavy atom. The minimum atomic E-state index is -1.11. The van der Waals surface area contributed by atoms with Crippen LogP contribution in [-0.4, -0.2) is 112 Å². The number of carbonyl (C=O) groups excluding carboxylic acids is 4. The van der Waals surface area contributed by atoms with E-state index in [2.05, 4.69) is 20.9 Å². The van der Waals surface area contributed by atoms with Crippen molar-refractivity contribution in [3.8, 4) is 0 Å². The molecule has 2 aliphatic rings. The van der Waals surface area contributed by atoms with Crippen LogP contribution in [0.1, 0.15) is 53.5 Å². The Labute approximate surface area is 280 Å². The molecule has 16 nitrogen and oxygen atoms in total. The predicted octanol–water partition coefficient (Wildman–Crippen LogP) is 2.82. The summed E-state index contributed by atoms with van der Waals surface area (Å²) in [6.45, 7) is 11.1. The van der Waals surface area contributed by atoms with Gasteiger partial charge in [-0.25, -0.2) is 19.2 Å². The van der Waals surface area contributed by atoms with Crippen molar-refractivity contribution in [2.75, 3.05) is 40.1 Å². The number of guanidine groups is 1. The van der Waals surface area contributed by atoms with Crippen LogP contribution in [-0.2, 0) is 49.3 Å². The summed E-state index contributed by atoms with van der Waals surface area (Å²) >= 11 is 0. The number of esters is 1. The number of benzene rings is 1. The lowest BCUT2D eigenvalue weighted by atomic mass is 10.1. The zero-order valence-corrected chi connectivity index (χ0v) is 28.6. The summed E-state index contributed by atoms with van der Waals surface area (Å²) in [7, 11) is 1.21. The lowest BCUT2D eigenvalue weighted by Gasteiger charge is -2.22. The molecule has 0 bridgehead atoms. The van der Waals surface area contributed by atoms with Crippen LogP contribution >= 0.6 is 0 Å². The highest BCUT2D eigenvalue weighted by atomic mass is 16.6. The third kappa shape index (κ3) is 13.6. The van der Waals surface area contributed by atoms with Crippen molar-refractivity contribution in [1.82, 2.24) is 16.0 Å². The summed E-state index contributed by atoms with van der Waals surface area (Å²) < 4.78 is 44.2. The number of rotatable bonds is 12. The minimum absolute atomic E-state index is 0.0380. The van der Waals surface area contributed by atoms with Gasteiger partial charge in [-0.05, 0) is 53.5 Å². The van der Waals surface area contributed by atoms with Crippen molar-refractivity contribution in [2.24, 2.45) is 4.99 Å². The van der Waals surface area contributed by atoms with Crippen LogP contribution < -0.4 is 16.0 Å². The number of methoxy groups -OCH3 is 1. The number of nitrogens with zero attached hydrogens (tertiary/aromatic N) is 1.